The highest BCUT2D eigenvalue weighted by molar-refractivity contribution is 5.63. The molecule has 0 saturated carbocycles. The molecule has 0 heterocycles. The minimum Gasteiger partial charge on any atom is -0.399 e. The molecule has 1 rings (SSSR count). The summed E-state index contributed by atoms with van der Waals surface area (Å²) in [6, 6.07) is 7.36. The van der Waals surface area contributed by atoms with Gasteiger partial charge >= 0.3 is 0 Å². The molecule has 0 aliphatic rings. The van der Waals surface area contributed by atoms with E-state index in [-0.39, 0.29) is 18.6 Å². The number of rotatable bonds is 4. The van der Waals surface area contributed by atoms with Gasteiger partial charge in [0.25, 0.3) is 0 Å². The fourth-order valence-corrected chi connectivity index (χ4v) is 1.33. The zero-order valence-electron chi connectivity index (χ0n) is 9.57. The number of hydrogen-bond donors (Lipinski definition) is 3. The standard InChI is InChI=1S/C12H17N3O/c1-8(7-16)9(2)15-12-4-3-11(14)5-10(12)6-13/h3-5,8-9,15-16H,7,14H2,1-2H3. The molecule has 0 bridgehead atoms. The van der Waals surface area contributed by atoms with Gasteiger partial charge in [-0.1, -0.05) is 6.92 Å². The van der Waals surface area contributed by atoms with Crippen LogP contribution in [0.2, 0.25) is 0 Å². The number of nitriles is 1. The molecule has 4 N–H and O–H groups in total. The predicted octanol–water partition coefficient (Wildman–Crippen LogP) is 1.57. The second-order valence-electron chi connectivity index (χ2n) is 4.01. The normalized spacial score (nSPS) is 13.9. The lowest BCUT2D eigenvalue weighted by Gasteiger charge is -2.21. The number of nitrogens with one attached hydrogen (secondary N) is 1. The molecule has 2 unspecified atom stereocenters. The molecule has 0 saturated heterocycles. The van der Waals surface area contributed by atoms with Crippen LogP contribution in [0.5, 0.6) is 0 Å². The van der Waals surface area contributed by atoms with E-state index in [9.17, 15) is 0 Å². The summed E-state index contributed by atoms with van der Waals surface area (Å²) in [6.07, 6.45) is 0. The first-order valence-electron chi connectivity index (χ1n) is 5.25. The first-order chi connectivity index (χ1) is 7.58. The molecule has 4 heteroatoms. The summed E-state index contributed by atoms with van der Waals surface area (Å²) in [5, 5.41) is 21.2. The number of nitrogen functional groups attached to an aromatic ring is 1. The lowest BCUT2D eigenvalue weighted by molar-refractivity contribution is 0.226. The van der Waals surface area contributed by atoms with Crippen LogP contribution < -0.4 is 11.1 Å². The Balaban J connectivity index is 2.85. The molecule has 2 atom stereocenters. The number of anilines is 2. The van der Waals surface area contributed by atoms with Crippen molar-refractivity contribution in [2.75, 3.05) is 17.7 Å². The van der Waals surface area contributed by atoms with Crippen LogP contribution in [0, 0.1) is 17.2 Å². The lowest BCUT2D eigenvalue weighted by atomic mass is 10.0. The van der Waals surface area contributed by atoms with Gasteiger partial charge in [0.2, 0.25) is 0 Å². The number of aliphatic hydroxyl groups excluding tert-OH is 1. The largest absolute Gasteiger partial charge is 0.399 e. The van der Waals surface area contributed by atoms with Gasteiger partial charge < -0.3 is 16.2 Å². The Labute approximate surface area is 95.7 Å². The maximum absolute atomic E-state index is 9.03. The van der Waals surface area contributed by atoms with E-state index in [1.54, 1.807) is 18.2 Å². The maximum atomic E-state index is 9.03. The van der Waals surface area contributed by atoms with E-state index in [2.05, 4.69) is 11.4 Å². The molecule has 86 valence electrons. The Bertz CT molecular complexity index is 398. The highest BCUT2D eigenvalue weighted by Gasteiger charge is 2.12. The zero-order chi connectivity index (χ0) is 12.1. The van der Waals surface area contributed by atoms with Crippen LogP contribution in [0.4, 0.5) is 11.4 Å². The van der Waals surface area contributed by atoms with E-state index in [4.69, 9.17) is 16.1 Å². The lowest BCUT2D eigenvalue weighted by Crippen LogP contribution is -2.26. The molecule has 4 nitrogen and oxygen atoms in total. The summed E-state index contributed by atoms with van der Waals surface area (Å²) >= 11 is 0. The van der Waals surface area contributed by atoms with E-state index < -0.39 is 0 Å². The summed E-state index contributed by atoms with van der Waals surface area (Å²) in [5.74, 6) is 0.129. The molecule has 1 aromatic carbocycles. The Hall–Kier alpha value is -1.73. The van der Waals surface area contributed by atoms with Gasteiger partial charge in [0, 0.05) is 18.3 Å². The van der Waals surface area contributed by atoms with Crippen LogP contribution in [0.25, 0.3) is 0 Å². The van der Waals surface area contributed by atoms with Gasteiger partial charge in [-0.05, 0) is 31.0 Å². The summed E-state index contributed by atoms with van der Waals surface area (Å²) in [5.41, 5.74) is 7.45. The van der Waals surface area contributed by atoms with Crippen LogP contribution in [0.1, 0.15) is 19.4 Å². The van der Waals surface area contributed by atoms with Crippen molar-refractivity contribution in [3.05, 3.63) is 23.8 Å². The zero-order valence-corrected chi connectivity index (χ0v) is 9.57. The van der Waals surface area contributed by atoms with Crippen LogP contribution in [-0.4, -0.2) is 17.8 Å². The Morgan fingerprint density at radius 1 is 1.50 bits per heavy atom. The number of nitrogens with two attached hydrogens (primary N) is 1. The van der Waals surface area contributed by atoms with Crippen molar-refractivity contribution in [2.24, 2.45) is 5.92 Å². The van der Waals surface area contributed by atoms with Crippen molar-refractivity contribution in [1.82, 2.24) is 0 Å². The minimum absolute atomic E-state index is 0.0979. The maximum Gasteiger partial charge on any atom is 0.101 e. The molecule has 0 aromatic heterocycles. The van der Waals surface area contributed by atoms with Crippen molar-refractivity contribution < 1.29 is 5.11 Å². The van der Waals surface area contributed by atoms with E-state index in [0.29, 0.717) is 11.3 Å². The summed E-state index contributed by atoms with van der Waals surface area (Å²) in [6.45, 7) is 4.03. The summed E-state index contributed by atoms with van der Waals surface area (Å²) in [4.78, 5) is 0. The topological polar surface area (TPSA) is 82.1 Å². The number of nitrogens with zero attached hydrogens (tertiary/aromatic N) is 1. The third kappa shape index (κ3) is 2.88. The minimum atomic E-state index is 0.0979. The molecule has 0 amide bonds. The smallest absolute Gasteiger partial charge is 0.101 e. The number of hydrogen-bond acceptors (Lipinski definition) is 4. The van der Waals surface area contributed by atoms with Gasteiger partial charge in [-0.2, -0.15) is 5.26 Å². The van der Waals surface area contributed by atoms with E-state index >= 15 is 0 Å². The SMILES string of the molecule is CC(CO)C(C)Nc1ccc(N)cc1C#N. The van der Waals surface area contributed by atoms with Crippen LogP contribution in [0.15, 0.2) is 18.2 Å². The third-order valence-electron chi connectivity index (χ3n) is 2.69. The highest BCUT2D eigenvalue weighted by atomic mass is 16.3. The molecule has 16 heavy (non-hydrogen) atoms. The summed E-state index contributed by atoms with van der Waals surface area (Å²) in [7, 11) is 0. The average Bonchev–Trinajstić information content (AvgIpc) is 2.30. The number of benzene rings is 1. The molecular weight excluding hydrogens is 202 g/mol. The van der Waals surface area contributed by atoms with Gasteiger partial charge in [0.1, 0.15) is 6.07 Å². The van der Waals surface area contributed by atoms with Gasteiger partial charge in [-0.15, -0.1) is 0 Å². The second kappa shape index (κ2) is 5.38. The van der Waals surface area contributed by atoms with Crippen LogP contribution in [0.3, 0.4) is 0 Å². The van der Waals surface area contributed by atoms with Crippen LogP contribution in [-0.2, 0) is 0 Å². The van der Waals surface area contributed by atoms with Crippen molar-refractivity contribution in [3.63, 3.8) is 0 Å². The quantitative estimate of drug-likeness (QED) is 0.671. The van der Waals surface area contributed by atoms with Gasteiger partial charge in [0.05, 0.1) is 11.3 Å². The molecule has 0 aliphatic heterocycles. The fourth-order valence-electron chi connectivity index (χ4n) is 1.33. The van der Waals surface area contributed by atoms with Gasteiger partial charge in [-0.3, -0.25) is 0 Å². The Kier molecular flexibility index (Phi) is 4.15. The monoisotopic (exact) mass is 219 g/mol. The second-order valence-corrected chi connectivity index (χ2v) is 4.01. The fraction of sp³-hybridized carbons (Fsp3) is 0.417. The molecule has 0 aliphatic carbocycles. The Morgan fingerprint density at radius 2 is 2.19 bits per heavy atom. The molecular formula is C12H17N3O. The Morgan fingerprint density at radius 3 is 2.75 bits per heavy atom. The van der Waals surface area contributed by atoms with Crippen molar-refractivity contribution in [1.29, 1.82) is 5.26 Å². The highest BCUT2D eigenvalue weighted by Crippen LogP contribution is 2.20. The third-order valence-corrected chi connectivity index (χ3v) is 2.69. The molecule has 0 spiro atoms. The number of aliphatic hydroxyl groups is 1. The van der Waals surface area contributed by atoms with Crippen molar-refractivity contribution in [3.8, 4) is 6.07 Å². The first kappa shape index (κ1) is 12.3. The molecule has 1 aromatic rings. The van der Waals surface area contributed by atoms with E-state index in [1.165, 1.54) is 0 Å². The predicted molar refractivity (Wildman–Crippen MR) is 64.9 cm³/mol. The average molecular weight is 219 g/mol. The summed E-state index contributed by atoms with van der Waals surface area (Å²) < 4.78 is 0. The molecule has 0 radical (unpaired) electrons. The van der Waals surface area contributed by atoms with Crippen molar-refractivity contribution in [2.45, 2.75) is 19.9 Å². The van der Waals surface area contributed by atoms with E-state index in [0.717, 1.165) is 5.69 Å². The van der Waals surface area contributed by atoms with Crippen LogP contribution >= 0.6 is 0 Å². The van der Waals surface area contributed by atoms with Gasteiger partial charge in [-0.25, -0.2) is 0 Å². The van der Waals surface area contributed by atoms with Gasteiger partial charge in [0.15, 0.2) is 0 Å². The van der Waals surface area contributed by atoms with E-state index in [1.807, 2.05) is 13.8 Å². The van der Waals surface area contributed by atoms with Crippen molar-refractivity contribution >= 4 is 11.4 Å². The first-order valence-corrected chi connectivity index (χ1v) is 5.25. The molecule has 0 fully saturated rings.